The molecule has 7 heteroatoms. The first-order valence-corrected chi connectivity index (χ1v) is 7.38. The fourth-order valence-corrected chi connectivity index (χ4v) is 2.29. The van der Waals surface area contributed by atoms with E-state index in [1.165, 1.54) is 7.11 Å². The molecule has 0 aliphatic rings. The number of amides is 2. The van der Waals surface area contributed by atoms with Gasteiger partial charge in [0.1, 0.15) is 0 Å². The van der Waals surface area contributed by atoms with Crippen LogP contribution < -0.4 is 10.6 Å². The summed E-state index contributed by atoms with van der Waals surface area (Å²) >= 11 is 9.24. The molecule has 5 nitrogen and oxygen atoms in total. The van der Waals surface area contributed by atoms with Crippen molar-refractivity contribution in [1.82, 2.24) is 0 Å². The molecule has 0 saturated carbocycles. The molecule has 2 aromatic carbocycles. The molecule has 0 heterocycles. The SMILES string of the molecule is COC(=O)c1cc(Br)ccc1NC(=O)Nc1ccccc1Cl. The molecule has 22 heavy (non-hydrogen) atoms. The fourth-order valence-electron chi connectivity index (χ4n) is 1.74. The minimum Gasteiger partial charge on any atom is -0.465 e. The number of ether oxygens (including phenoxy) is 1. The van der Waals surface area contributed by atoms with Crippen LogP contribution in [-0.2, 0) is 4.74 Å². The maximum Gasteiger partial charge on any atom is 0.340 e. The summed E-state index contributed by atoms with van der Waals surface area (Å²) in [6.45, 7) is 0. The van der Waals surface area contributed by atoms with Crippen LogP contribution in [0.3, 0.4) is 0 Å². The lowest BCUT2D eigenvalue weighted by Crippen LogP contribution is -2.21. The Labute approximate surface area is 140 Å². The lowest BCUT2D eigenvalue weighted by atomic mass is 10.2. The number of hydrogen-bond donors (Lipinski definition) is 2. The lowest BCUT2D eigenvalue weighted by molar-refractivity contribution is 0.0602. The normalized spacial score (nSPS) is 9.95. The van der Waals surface area contributed by atoms with Crippen molar-refractivity contribution in [1.29, 1.82) is 0 Å². The largest absolute Gasteiger partial charge is 0.465 e. The number of carbonyl (C=O) groups is 2. The molecular formula is C15H12BrClN2O3. The van der Waals surface area contributed by atoms with E-state index < -0.39 is 12.0 Å². The summed E-state index contributed by atoms with van der Waals surface area (Å²) in [5.41, 5.74) is 1.05. The Bertz CT molecular complexity index is 722. The Morgan fingerprint density at radius 2 is 1.77 bits per heavy atom. The van der Waals surface area contributed by atoms with Gasteiger partial charge in [0.05, 0.1) is 29.1 Å². The molecule has 0 aliphatic carbocycles. The van der Waals surface area contributed by atoms with E-state index in [-0.39, 0.29) is 5.56 Å². The van der Waals surface area contributed by atoms with Gasteiger partial charge in [0.15, 0.2) is 0 Å². The highest BCUT2D eigenvalue weighted by molar-refractivity contribution is 9.10. The highest BCUT2D eigenvalue weighted by Gasteiger charge is 2.15. The number of urea groups is 1. The second-order valence-corrected chi connectivity index (χ2v) is 5.56. The van der Waals surface area contributed by atoms with E-state index in [2.05, 4.69) is 26.6 Å². The minimum atomic E-state index is -0.547. The molecule has 0 radical (unpaired) electrons. The predicted molar refractivity (Wildman–Crippen MR) is 89.6 cm³/mol. The van der Waals surface area contributed by atoms with Crippen molar-refractivity contribution >= 4 is 50.9 Å². The molecule has 0 aliphatic heterocycles. The van der Waals surface area contributed by atoms with Crippen molar-refractivity contribution in [3.63, 3.8) is 0 Å². The zero-order valence-corrected chi connectivity index (χ0v) is 13.9. The van der Waals surface area contributed by atoms with Gasteiger partial charge in [-0.15, -0.1) is 0 Å². The molecule has 2 amide bonds. The van der Waals surface area contributed by atoms with Gasteiger partial charge in [-0.05, 0) is 30.3 Å². The van der Waals surface area contributed by atoms with Crippen LogP contribution in [0.15, 0.2) is 46.9 Å². The van der Waals surface area contributed by atoms with Crippen molar-refractivity contribution in [2.45, 2.75) is 0 Å². The van der Waals surface area contributed by atoms with E-state index in [0.29, 0.717) is 20.9 Å². The summed E-state index contributed by atoms with van der Waals surface area (Å²) in [6.07, 6.45) is 0. The number of nitrogens with one attached hydrogen (secondary N) is 2. The Balaban J connectivity index is 2.18. The standard InChI is InChI=1S/C15H12BrClN2O3/c1-22-14(20)10-8-9(16)6-7-12(10)18-15(21)19-13-5-3-2-4-11(13)17/h2-8H,1H3,(H2,18,19,21). The average Bonchev–Trinajstić information content (AvgIpc) is 2.50. The zero-order chi connectivity index (χ0) is 16.1. The molecule has 0 fully saturated rings. The van der Waals surface area contributed by atoms with Crippen LogP contribution in [0.5, 0.6) is 0 Å². The quantitative estimate of drug-likeness (QED) is 0.765. The Morgan fingerprint density at radius 3 is 2.45 bits per heavy atom. The number of methoxy groups -OCH3 is 1. The van der Waals surface area contributed by atoms with E-state index in [4.69, 9.17) is 16.3 Å². The fraction of sp³-hybridized carbons (Fsp3) is 0.0667. The van der Waals surface area contributed by atoms with Crippen LogP contribution in [-0.4, -0.2) is 19.1 Å². The Kier molecular flexibility index (Phi) is 5.41. The second-order valence-electron chi connectivity index (χ2n) is 4.24. The van der Waals surface area contributed by atoms with E-state index in [9.17, 15) is 9.59 Å². The highest BCUT2D eigenvalue weighted by Crippen LogP contribution is 2.23. The minimum absolute atomic E-state index is 0.242. The van der Waals surface area contributed by atoms with Crippen molar-refractivity contribution in [3.05, 3.63) is 57.5 Å². The molecule has 114 valence electrons. The third-order valence-electron chi connectivity index (χ3n) is 2.76. The van der Waals surface area contributed by atoms with E-state index in [1.54, 1.807) is 42.5 Å². The summed E-state index contributed by atoms with van der Waals surface area (Å²) < 4.78 is 5.40. The number of para-hydroxylation sites is 1. The van der Waals surface area contributed by atoms with Crippen molar-refractivity contribution in [2.75, 3.05) is 17.7 Å². The molecule has 0 saturated heterocycles. The van der Waals surface area contributed by atoms with Crippen molar-refractivity contribution < 1.29 is 14.3 Å². The number of halogens is 2. The van der Waals surface area contributed by atoms with Gasteiger partial charge in [-0.25, -0.2) is 9.59 Å². The summed E-state index contributed by atoms with van der Waals surface area (Å²) in [5.74, 6) is -0.547. The van der Waals surface area contributed by atoms with Gasteiger partial charge in [0.25, 0.3) is 0 Å². The van der Waals surface area contributed by atoms with Crippen LogP contribution >= 0.6 is 27.5 Å². The number of carbonyl (C=O) groups excluding carboxylic acids is 2. The highest BCUT2D eigenvalue weighted by atomic mass is 79.9. The molecular weight excluding hydrogens is 372 g/mol. The van der Waals surface area contributed by atoms with E-state index in [1.807, 2.05) is 0 Å². The van der Waals surface area contributed by atoms with E-state index >= 15 is 0 Å². The van der Waals surface area contributed by atoms with Crippen molar-refractivity contribution in [3.8, 4) is 0 Å². The maximum atomic E-state index is 12.0. The van der Waals surface area contributed by atoms with Gasteiger partial charge in [-0.1, -0.05) is 39.7 Å². The van der Waals surface area contributed by atoms with Crippen LogP contribution in [0.4, 0.5) is 16.2 Å². The van der Waals surface area contributed by atoms with Gasteiger partial charge in [-0.2, -0.15) is 0 Å². The van der Waals surface area contributed by atoms with Crippen LogP contribution in [0.25, 0.3) is 0 Å². The first-order valence-electron chi connectivity index (χ1n) is 6.21. The first kappa shape index (κ1) is 16.3. The molecule has 2 N–H and O–H groups in total. The summed E-state index contributed by atoms with van der Waals surface area (Å²) in [7, 11) is 1.27. The van der Waals surface area contributed by atoms with Crippen LogP contribution in [0.2, 0.25) is 5.02 Å². The second kappa shape index (κ2) is 7.29. The van der Waals surface area contributed by atoms with Gasteiger partial charge in [-0.3, -0.25) is 0 Å². The first-order chi connectivity index (χ1) is 10.5. The number of benzene rings is 2. The molecule has 0 aromatic heterocycles. The summed E-state index contributed by atoms with van der Waals surface area (Å²) in [6, 6.07) is 11.2. The van der Waals surface area contributed by atoms with Gasteiger partial charge < -0.3 is 15.4 Å². The van der Waals surface area contributed by atoms with Gasteiger partial charge in [0.2, 0.25) is 0 Å². The topological polar surface area (TPSA) is 67.4 Å². The summed E-state index contributed by atoms with van der Waals surface area (Å²) in [4.78, 5) is 23.8. The van der Waals surface area contributed by atoms with Gasteiger partial charge >= 0.3 is 12.0 Å². The monoisotopic (exact) mass is 382 g/mol. The number of hydrogen-bond acceptors (Lipinski definition) is 3. The van der Waals surface area contributed by atoms with Gasteiger partial charge in [0, 0.05) is 4.47 Å². The molecule has 0 spiro atoms. The smallest absolute Gasteiger partial charge is 0.340 e. The lowest BCUT2D eigenvalue weighted by Gasteiger charge is -2.12. The molecule has 0 unspecified atom stereocenters. The number of anilines is 2. The predicted octanol–water partition coefficient (Wildman–Crippen LogP) is 4.53. The summed E-state index contributed by atoms with van der Waals surface area (Å²) in [5, 5.41) is 5.63. The third kappa shape index (κ3) is 3.99. The molecule has 2 aromatic rings. The van der Waals surface area contributed by atoms with Crippen molar-refractivity contribution in [2.24, 2.45) is 0 Å². The Morgan fingerprint density at radius 1 is 1.09 bits per heavy atom. The van der Waals surface area contributed by atoms with Crippen LogP contribution in [0, 0.1) is 0 Å². The number of esters is 1. The molecule has 0 atom stereocenters. The number of rotatable bonds is 3. The van der Waals surface area contributed by atoms with E-state index in [0.717, 1.165) is 0 Å². The molecule has 0 bridgehead atoms. The Hall–Kier alpha value is -2.05. The maximum absolute atomic E-state index is 12.0. The molecule has 2 rings (SSSR count). The third-order valence-corrected chi connectivity index (χ3v) is 3.58. The van der Waals surface area contributed by atoms with Crippen LogP contribution in [0.1, 0.15) is 10.4 Å². The average molecular weight is 384 g/mol. The zero-order valence-electron chi connectivity index (χ0n) is 11.5.